The molecule has 49 heavy (non-hydrogen) atoms. The Morgan fingerprint density at radius 2 is 1.76 bits per heavy atom. The van der Waals surface area contributed by atoms with Crippen molar-refractivity contribution in [2.45, 2.75) is 37.8 Å². The van der Waals surface area contributed by atoms with Gasteiger partial charge in [-0.2, -0.15) is 0 Å². The van der Waals surface area contributed by atoms with Crippen LogP contribution in [0.3, 0.4) is 0 Å². The second kappa shape index (κ2) is 16.7. The minimum atomic E-state index is -1.09. The van der Waals surface area contributed by atoms with Gasteiger partial charge in [0.15, 0.2) is 11.5 Å². The summed E-state index contributed by atoms with van der Waals surface area (Å²) in [6, 6.07) is 15.8. The monoisotopic (exact) mass is 728 g/mol. The number of rotatable bonds is 14. The zero-order chi connectivity index (χ0) is 35.1. The van der Waals surface area contributed by atoms with Gasteiger partial charge in [0.05, 0.1) is 20.8 Å². The van der Waals surface area contributed by atoms with Crippen LogP contribution in [0.2, 0.25) is 10.0 Å². The molecule has 2 aromatic carbocycles. The van der Waals surface area contributed by atoms with E-state index < -0.39 is 17.9 Å². The van der Waals surface area contributed by atoms with E-state index in [4.69, 9.17) is 37.4 Å². The minimum absolute atomic E-state index is 0.136. The molecule has 0 amide bonds. The number of likely N-dealkylation sites (tertiary alicyclic amines) is 1. The van der Waals surface area contributed by atoms with Gasteiger partial charge in [-0.05, 0) is 67.7 Å². The number of pyridine rings is 1. The highest BCUT2D eigenvalue weighted by Gasteiger charge is 2.30. The van der Waals surface area contributed by atoms with Gasteiger partial charge in [-0.1, -0.05) is 59.6 Å². The molecule has 0 spiro atoms. The number of hydrogen-bond acceptors (Lipinski definition) is 9. The molecule has 5 rings (SSSR count). The van der Waals surface area contributed by atoms with E-state index in [2.05, 4.69) is 17.3 Å². The third-order valence-corrected chi connectivity index (χ3v) is 10.5. The zero-order valence-electron chi connectivity index (χ0n) is 27.5. The van der Waals surface area contributed by atoms with Gasteiger partial charge in [-0.15, -0.1) is 11.3 Å². The lowest BCUT2D eigenvalue weighted by atomic mass is 9.85. The van der Waals surface area contributed by atoms with Gasteiger partial charge in [-0.25, -0.2) is 9.59 Å². The number of hydrogen-bond donors (Lipinski definition) is 3. The smallest absolute Gasteiger partial charge is 0.346 e. The van der Waals surface area contributed by atoms with Gasteiger partial charge in [-0.3, -0.25) is 10.5 Å². The number of benzene rings is 2. The first-order valence-electron chi connectivity index (χ1n) is 15.9. The first-order valence-corrected chi connectivity index (χ1v) is 17.4. The maximum Gasteiger partial charge on any atom is 0.346 e. The highest BCUT2D eigenvalue weighted by Crippen LogP contribution is 2.41. The van der Waals surface area contributed by atoms with Crippen LogP contribution in [0.5, 0.6) is 11.5 Å². The molecule has 4 aromatic rings. The first kappa shape index (κ1) is 36.4. The Bertz CT molecular complexity index is 1750. The number of carbonyl (C=O) groups excluding carboxylic acids is 1. The number of nitrogens with one attached hydrogen (secondary N) is 1. The van der Waals surface area contributed by atoms with Gasteiger partial charge in [0, 0.05) is 40.1 Å². The molecule has 3 N–H and O–H groups in total. The van der Waals surface area contributed by atoms with E-state index in [0.29, 0.717) is 34.1 Å². The number of aromatic nitrogens is 1. The van der Waals surface area contributed by atoms with Crippen molar-refractivity contribution in [2.24, 2.45) is 5.92 Å². The standard InChI is InChI=1S/C36H39Cl2N3O7S/c1-40-13-7-8-22(18-40)21-48-36(44)33(23-9-5-4-6-10-23)39-17-25-15-27(34(49-25)35(42)43)26(16-28-29(37)19-41(45)20-30(28)38)24-11-12-31(46-2)32(14-24)47-3/h4-6,9-12,14-15,19-20,22,26,33,39H,7-8,13,16-18,21H2,1-3H3,(H-,42,43,45)/p+1/t22-,26-,33?/m0/s1. The van der Waals surface area contributed by atoms with Crippen molar-refractivity contribution in [1.82, 2.24) is 10.2 Å². The average Bonchev–Trinajstić information content (AvgIpc) is 3.51. The van der Waals surface area contributed by atoms with Crippen LogP contribution in [0, 0.1) is 5.92 Å². The zero-order valence-corrected chi connectivity index (χ0v) is 29.9. The first-order chi connectivity index (χ1) is 23.6. The number of carboxylic acid groups (broad SMARTS) is 1. The summed E-state index contributed by atoms with van der Waals surface area (Å²) in [7, 11) is 5.14. The van der Waals surface area contributed by atoms with Crippen LogP contribution >= 0.6 is 34.5 Å². The van der Waals surface area contributed by atoms with Crippen molar-refractivity contribution in [1.29, 1.82) is 0 Å². The fraction of sp³-hybridized carbons (Fsp3) is 0.361. The Hall–Kier alpha value is -3.87. The fourth-order valence-electron chi connectivity index (χ4n) is 6.27. The molecule has 3 heterocycles. The van der Waals surface area contributed by atoms with Crippen LogP contribution < -0.4 is 19.5 Å². The van der Waals surface area contributed by atoms with Crippen LogP contribution in [-0.2, 0) is 22.5 Å². The SMILES string of the molecule is COc1ccc([C@H](Cc2c(Cl)c[n+](O)cc2Cl)c2cc(CNC(C(=O)OC[C@H]3CCCN(C)C3)c3ccccc3)sc2C(=O)O)cc1OC. The van der Waals surface area contributed by atoms with Crippen molar-refractivity contribution >= 4 is 46.5 Å². The Morgan fingerprint density at radius 3 is 2.41 bits per heavy atom. The Labute approximate surface area is 299 Å². The fourth-order valence-corrected chi connectivity index (χ4v) is 7.88. The van der Waals surface area contributed by atoms with Crippen molar-refractivity contribution in [3.8, 4) is 11.5 Å². The average molecular weight is 730 g/mol. The topological polar surface area (TPSA) is 121 Å². The van der Waals surface area contributed by atoms with E-state index in [1.807, 2.05) is 42.5 Å². The van der Waals surface area contributed by atoms with Crippen molar-refractivity contribution in [3.05, 3.63) is 109 Å². The molecule has 0 radical (unpaired) electrons. The molecule has 3 atom stereocenters. The highest BCUT2D eigenvalue weighted by atomic mass is 35.5. The predicted molar refractivity (Wildman–Crippen MR) is 187 cm³/mol. The van der Waals surface area contributed by atoms with Crippen LogP contribution in [-0.4, -0.2) is 68.1 Å². The molecule has 1 fully saturated rings. The van der Waals surface area contributed by atoms with E-state index in [1.165, 1.54) is 26.6 Å². The number of carbonyl (C=O) groups is 2. The maximum absolute atomic E-state index is 13.5. The molecule has 2 aromatic heterocycles. The lowest BCUT2D eigenvalue weighted by molar-refractivity contribution is -0.904. The molecule has 10 nitrogen and oxygen atoms in total. The molecule has 0 saturated carbocycles. The Balaban J connectivity index is 1.47. The van der Waals surface area contributed by atoms with Gasteiger partial charge < -0.3 is 24.2 Å². The van der Waals surface area contributed by atoms with Gasteiger partial charge in [0.1, 0.15) is 21.0 Å². The lowest BCUT2D eigenvalue weighted by Gasteiger charge is -2.29. The largest absolute Gasteiger partial charge is 0.493 e. The predicted octanol–water partition coefficient (Wildman–Crippen LogP) is 6.39. The maximum atomic E-state index is 13.5. The highest BCUT2D eigenvalue weighted by molar-refractivity contribution is 7.14. The normalized spacial score (nSPS) is 16.1. The lowest BCUT2D eigenvalue weighted by Crippen LogP contribution is -2.36. The molecule has 1 aliphatic heterocycles. The van der Waals surface area contributed by atoms with Crippen molar-refractivity contribution in [3.63, 3.8) is 0 Å². The number of esters is 1. The minimum Gasteiger partial charge on any atom is -0.493 e. The van der Waals surface area contributed by atoms with Crippen molar-refractivity contribution in [2.75, 3.05) is 41.0 Å². The third-order valence-electron chi connectivity index (χ3n) is 8.70. The molecule has 0 aliphatic carbocycles. The molecule has 1 aliphatic rings. The molecule has 1 unspecified atom stereocenters. The quantitative estimate of drug-likeness (QED) is 0.0771. The van der Waals surface area contributed by atoms with E-state index >= 15 is 0 Å². The van der Waals surface area contributed by atoms with Crippen molar-refractivity contribution < 1.29 is 38.8 Å². The third kappa shape index (κ3) is 9.03. The number of carboxylic acids is 1. The van der Waals surface area contributed by atoms with E-state index in [1.54, 1.807) is 12.1 Å². The number of halogens is 2. The molecular formula is C36H40Cl2N3O7S+. The summed E-state index contributed by atoms with van der Waals surface area (Å²) < 4.78 is 17.6. The number of piperidine rings is 1. The Kier molecular flexibility index (Phi) is 12.4. The van der Waals surface area contributed by atoms with Gasteiger partial charge in [0.2, 0.25) is 12.4 Å². The number of aromatic carboxylic acids is 1. The molecule has 0 bridgehead atoms. The van der Waals surface area contributed by atoms with Crippen LogP contribution in [0.15, 0.2) is 67.0 Å². The summed E-state index contributed by atoms with van der Waals surface area (Å²) in [5.74, 6) is -0.741. The number of ether oxygens (including phenoxy) is 3. The summed E-state index contributed by atoms with van der Waals surface area (Å²) >= 11 is 14.2. The summed E-state index contributed by atoms with van der Waals surface area (Å²) in [4.78, 5) is 29.3. The second-order valence-corrected chi connectivity index (χ2v) is 14.1. The van der Waals surface area contributed by atoms with Crippen LogP contribution in [0.4, 0.5) is 0 Å². The van der Waals surface area contributed by atoms with Crippen LogP contribution in [0.25, 0.3) is 0 Å². The van der Waals surface area contributed by atoms with Crippen LogP contribution in [0.1, 0.15) is 61.6 Å². The van der Waals surface area contributed by atoms with E-state index in [0.717, 1.165) is 53.1 Å². The molecule has 13 heteroatoms. The molecular weight excluding hydrogens is 689 g/mol. The summed E-state index contributed by atoms with van der Waals surface area (Å²) in [6.45, 7) is 2.48. The summed E-state index contributed by atoms with van der Waals surface area (Å²) in [5.41, 5.74) is 2.56. The number of methoxy groups -OCH3 is 2. The van der Waals surface area contributed by atoms with Gasteiger partial charge >= 0.3 is 11.9 Å². The number of nitrogens with zero attached hydrogens (tertiary/aromatic N) is 2. The van der Waals surface area contributed by atoms with E-state index in [9.17, 15) is 19.9 Å². The van der Waals surface area contributed by atoms with E-state index in [-0.39, 0.29) is 39.8 Å². The molecule has 1 saturated heterocycles. The summed E-state index contributed by atoms with van der Waals surface area (Å²) in [6.07, 6.45) is 4.95. The second-order valence-electron chi connectivity index (χ2n) is 12.1. The summed E-state index contributed by atoms with van der Waals surface area (Å²) in [5, 5.41) is 24.2. The number of thiophene rings is 1. The Morgan fingerprint density at radius 1 is 1.04 bits per heavy atom. The van der Waals surface area contributed by atoms with Gasteiger partial charge in [0.25, 0.3) is 0 Å². The molecule has 260 valence electrons.